The smallest absolute Gasteiger partial charge is 0.219 e. The monoisotopic (exact) mass is 356 g/mol. The number of aliphatic hydroxyl groups is 4. The second-order valence-electron chi connectivity index (χ2n) is 6.76. The average molecular weight is 356 g/mol. The maximum atomic E-state index is 10.2. The van der Waals surface area contributed by atoms with Crippen molar-refractivity contribution in [3.05, 3.63) is 28.8 Å². The van der Waals surface area contributed by atoms with Crippen LogP contribution in [0.15, 0.2) is 12.1 Å². The molecule has 1 rings (SSSR count). The molecule has 0 atom stereocenters. The summed E-state index contributed by atoms with van der Waals surface area (Å²) >= 11 is 0. The third-order valence-corrected chi connectivity index (χ3v) is 4.00. The molecule has 7 nitrogen and oxygen atoms in total. The molecule has 0 aromatic heterocycles. The van der Waals surface area contributed by atoms with E-state index in [0.29, 0.717) is 5.56 Å². The fraction of sp³-hybridized carbons (Fsp3) is 0.667. The Morgan fingerprint density at radius 2 is 1.40 bits per heavy atom. The molecule has 0 spiro atoms. The van der Waals surface area contributed by atoms with Crippen molar-refractivity contribution in [2.75, 3.05) is 0 Å². The summed E-state index contributed by atoms with van der Waals surface area (Å²) in [5.74, 6) is -4.10. The third-order valence-electron chi connectivity index (χ3n) is 4.00. The van der Waals surface area contributed by atoms with Crippen molar-refractivity contribution in [2.45, 2.75) is 77.8 Å². The Labute approximate surface area is 149 Å². The van der Waals surface area contributed by atoms with Gasteiger partial charge in [-0.15, -0.1) is 0 Å². The fourth-order valence-corrected chi connectivity index (χ4v) is 2.63. The van der Waals surface area contributed by atoms with Crippen molar-refractivity contribution < 1.29 is 25.5 Å². The van der Waals surface area contributed by atoms with Gasteiger partial charge in [-0.25, -0.2) is 0 Å². The number of unbranched alkanes of at least 4 members (excludes halogenated alkanes) is 3. The maximum Gasteiger partial charge on any atom is 0.219 e. The van der Waals surface area contributed by atoms with Gasteiger partial charge < -0.3 is 25.5 Å². The topological polar surface area (TPSA) is 125 Å². The molecular formula is C18H32N2O5. The van der Waals surface area contributed by atoms with Crippen LogP contribution in [-0.4, -0.2) is 37.4 Å². The molecule has 0 saturated heterocycles. The van der Waals surface area contributed by atoms with Crippen LogP contribution in [0.1, 0.15) is 63.1 Å². The number of hydrogen-bond acceptors (Lipinski definition) is 7. The van der Waals surface area contributed by atoms with Crippen molar-refractivity contribution in [3.8, 4) is 5.75 Å². The second kappa shape index (κ2) is 9.47. The molecule has 0 radical (unpaired) electrons. The highest BCUT2D eigenvalue weighted by Crippen LogP contribution is 2.27. The zero-order valence-corrected chi connectivity index (χ0v) is 15.3. The first-order valence-electron chi connectivity index (χ1n) is 8.75. The number of phenols is 1. The Balaban J connectivity index is 3.04. The zero-order valence-electron chi connectivity index (χ0n) is 15.3. The van der Waals surface area contributed by atoms with Gasteiger partial charge in [0.1, 0.15) is 5.75 Å². The van der Waals surface area contributed by atoms with Crippen molar-refractivity contribution in [2.24, 2.45) is 0 Å². The standard InChI is InChI=1S/C18H32N2O5/c1-4-5-6-7-8-13-9-10-16(21)15(12-20-18(3,24)25)14(13)11-19-17(2,22)23/h9-10,19-25H,4-8,11-12H2,1-3H3. The van der Waals surface area contributed by atoms with E-state index >= 15 is 0 Å². The Morgan fingerprint density at radius 3 is 1.92 bits per heavy atom. The number of aromatic hydroxyl groups is 1. The predicted octanol–water partition coefficient (Wildman–Crippen LogP) is 1.01. The average Bonchev–Trinajstić information content (AvgIpc) is 2.48. The van der Waals surface area contributed by atoms with Crippen LogP contribution < -0.4 is 10.6 Å². The summed E-state index contributed by atoms with van der Waals surface area (Å²) in [5.41, 5.74) is 2.21. The fourth-order valence-electron chi connectivity index (χ4n) is 2.63. The first kappa shape index (κ1) is 21.8. The van der Waals surface area contributed by atoms with Crippen molar-refractivity contribution in [1.29, 1.82) is 0 Å². The largest absolute Gasteiger partial charge is 0.508 e. The highest BCUT2D eigenvalue weighted by atomic mass is 16.5. The lowest BCUT2D eigenvalue weighted by molar-refractivity contribution is -0.172. The Bertz CT molecular complexity index is 535. The number of nitrogens with one attached hydrogen (secondary N) is 2. The van der Waals surface area contributed by atoms with Gasteiger partial charge in [-0.1, -0.05) is 32.3 Å². The quantitative estimate of drug-likeness (QED) is 0.233. The molecule has 0 aliphatic rings. The maximum absolute atomic E-state index is 10.2. The number of phenolic OH excluding ortho intramolecular Hbond substituents is 1. The van der Waals surface area contributed by atoms with Crippen molar-refractivity contribution in [1.82, 2.24) is 10.6 Å². The molecule has 0 unspecified atom stereocenters. The number of aryl methyl sites for hydroxylation is 1. The SMILES string of the molecule is CCCCCCc1ccc(O)c(CNC(C)(O)O)c1CNC(C)(O)O. The van der Waals surface area contributed by atoms with E-state index in [4.69, 9.17) is 0 Å². The first-order valence-corrected chi connectivity index (χ1v) is 8.75. The van der Waals surface area contributed by atoms with E-state index in [1.54, 1.807) is 6.07 Å². The van der Waals surface area contributed by atoms with Crippen LogP contribution in [0.2, 0.25) is 0 Å². The van der Waals surface area contributed by atoms with Gasteiger partial charge in [0.25, 0.3) is 0 Å². The zero-order chi connectivity index (χ0) is 19.1. The number of rotatable bonds is 11. The molecule has 25 heavy (non-hydrogen) atoms. The molecule has 0 saturated carbocycles. The molecule has 7 heteroatoms. The normalized spacial score (nSPS) is 12.6. The Morgan fingerprint density at radius 1 is 0.840 bits per heavy atom. The Hall–Kier alpha value is -1.22. The summed E-state index contributed by atoms with van der Waals surface area (Å²) in [6.45, 7) is 4.71. The molecule has 0 aliphatic carbocycles. The van der Waals surface area contributed by atoms with E-state index in [-0.39, 0.29) is 18.8 Å². The van der Waals surface area contributed by atoms with Crippen LogP contribution in [0.5, 0.6) is 5.75 Å². The van der Waals surface area contributed by atoms with E-state index in [2.05, 4.69) is 17.6 Å². The van der Waals surface area contributed by atoms with E-state index in [1.807, 2.05) is 6.07 Å². The summed E-state index contributed by atoms with van der Waals surface area (Å²) in [4.78, 5) is 0. The molecule has 1 aromatic rings. The van der Waals surface area contributed by atoms with Gasteiger partial charge in [0.2, 0.25) is 11.8 Å². The van der Waals surface area contributed by atoms with Gasteiger partial charge in [0.05, 0.1) is 0 Å². The van der Waals surface area contributed by atoms with E-state index in [0.717, 1.165) is 43.2 Å². The predicted molar refractivity (Wildman–Crippen MR) is 95.3 cm³/mol. The van der Waals surface area contributed by atoms with Gasteiger partial charge in [-0.3, -0.25) is 10.6 Å². The van der Waals surface area contributed by atoms with Gasteiger partial charge >= 0.3 is 0 Å². The van der Waals surface area contributed by atoms with Gasteiger partial charge in [0, 0.05) is 32.5 Å². The summed E-state index contributed by atoms with van der Waals surface area (Å²) in [7, 11) is 0. The van der Waals surface area contributed by atoms with Crippen LogP contribution in [0, 0.1) is 0 Å². The number of benzene rings is 1. The Kier molecular flexibility index (Phi) is 8.27. The van der Waals surface area contributed by atoms with Crippen LogP contribution in [-0.2, 0) is 19.5 Å². The molecule has 144 valence electrons. The molecule has 0 fully saturated rings. The number of hydrogen-bond donors (Lipinski definition) is 7. The van der Waals surface area contributed by atoms with Crippen LogP contribution in [0.4, 0.5) is 0 Å². The molecule has 1 aromatic carbocycles. The minimum atomic E-state index is -2.07. The summed E-state index contributed by atoms with van der Waals surface area (Å²) in [6, 6.07) is 3.41. The van der Waals surface area contributed by atoms with E-state index in [9.17, 15) is 25.5 Å². The molecule has 0 aliphatic heterocycles. The van der Waals surface area contributed by atoms with Crippen molar-refractivity contribution >= 4 is 0 Å². The highest BCUT2D eigenvalue weighted by Gasteiger charge is 2.20. The molecule has 7 N–H and O–H groups in total. The molecule has 0 bridgehead atoms. The summed E-state index contributed by atoms with van der Waals surface area (Å²) in [6.07, 6.45) is 5.18. The minimum Gasteiger partial charge on any atom is -0.508 e. The molecular weight excluding hydrogens is 324 g/mol. The first-order chi connectivity index (χ1) is 11.5. The van der Waals surface area contributed by atoms with E-state index in [1.165, 1.54) is 13.8 Å². The van der Waals surface area contributed by atoms with Crippen molar-refractivity contribution in [3.63, 3.8) is 0 Å². The van der Waals surface area contributed by atoms with Gasteiger partial charge in [-0.2, -0.15) is 0 Å². The molecule has 0 heterocycles. The lowest BCUT2D eigenvalue weighted by Crippen LogP contribution is -2.43. The minimum absolute atomic E-state index is 0.0171. The summed E-state index contributed by atoms with van der Waals surface area (Å²) < 4.78 is 0. The summed E-state index contributed by atoms with van der Waals surface area (Å²) in [5, 5.41) is 53.3. The van der Waals surface area contributed by atoms with Gasteiger partial charge in [0.15, 0.2) is 0 Å². The highest BCUT2D eigenvalue weighted by molar-refractivity contribution is 5.44. The molecule has 0 amide bonds. The lowest BCUT2D eigenvalue weighted by atomic mass is 9.95. The second-order valence-corrected chi connectivity index (χ2v) is 6.76. The van der Waals surface area contributed by atoms with Gasteiger partial charge in [-0.05, 0) is 30.0 Å². The lowest BCUT2D eigenvalue weighted by Gasteiger charge is -2.24. The van der Waals surface area contributed by atoms with Crippen LogP contribution in [0.25, 0.3) is 0 Å². The van der Waals surface area contributed by atoms with E-state index < -0.39 is 11.8 Å². The van der Waals surface area contributed by atoms with Crippen LogP contribution >= 0.6 is 0 Å². The van der Waals surface area contributed by atoms with Crippen LogP contribution in [0.3, 0.4) is 0 Å². The third kappa shape index (κ3) is 8.62.